The second-order valence-corrected chi connectivity index (χ2v) is 5.86. The molecule has 0 bridgehead atoms. The van der Waals surface area contributed by atoms with Gasteiger partial charge in [-0.1, -0.05) is 0 Å². The zero-order chi connectivity index (χ0) is 16.3. The number of halogens is 1. The second kappa shape index (κ2) is 6.21. The molecule has 1 aromatic carbocycles. The Labute approximate surface area is 128 Å². The molecule has 22 heavy (non-hydrogen) atoms. The third-order valence-corrected chi connectivity index (χ3v) is 2.87. The molecule has 6 nitrogen and oxygen atoms in total. The first-order valence-corrected chi connectivity index (χ1v) is 6.96. The van der Waals surface area contributed by atoms with Gasteiger partial charge in [0.15, 0.2) is 0 Å². The van der Waals surface area contributed by atoms with Gasteiger partial charge in [-0.2, -0.15) is 0 Å². The number of hydrogen-bond acceptors (Lipinski definition) is 4. The molecule has 1 aliphatic rings. The predicted octanol–water partition coefficient (Wildman–Crippen LogP) is 2.08. The van der Waals surface area contributed by atoms with E-state index >= 15 is 0 Å². The van der Waals surface area contributed by atoms with Crippen LogP contribution in [0.4, 0.5) is 14.9 Å². The molecular weight excluding hydrogens is 291 g/mol. The molecule has 120 valence electrons. The van der Waals surface area contributed by atoms with E-state index in [1.165, 1.54) is 23.1 Å². The summed E-state index contributed by atoms with van der Waals surface area (Å²) in [6, 6.07) is 3.97. The van der Waals surface area contributed by atoms with Crippen molar-refractivity contribution >= 4 is 17.7 Å². The van der Waals surface area contributed by atoms with E-state index in [1.54, 1.807) is 20.8 Å². The molecule has 2 amide bonds. The van der Waals surface area contributed by atoms with Crippen molar-refractivity contribution in [3.63, 3.8) is 0 Å². The number of hydrogen-bond donors (Lipinski definition) is 1. The molecule has 7 heteroatoms. The summed E-state index contributed by atoms with van der Waals surface area (Å²) in [7, 11) is 0. The van der Waals surface area contributed by atoms with Crippen molar-refractivity contribution in [2.75, 3.05) is 24.6 Å². The fourth-order valence-electron chi connectivity index (χ4n) is 2.01. The molecule has 0 saturated carbocycles. The van der Waals surface area contributed by atoms with Crippen molar-refractivity contribution in [2.45, 2.75) is 26.4 Å². The quantitative estimate of drug-likeness (QED) is 0.908. The largest absolute Gasteiger partial charge is 0.489 e. The molecule has 1 aromatic rings. The molecule has 0 radical (unpaired) electrons. The predicted molar refractivity (Wildman–Crippen MR) is 78.5 cm³/mol. The van der Waals surface area contributed by atoms with Crippen molar-refractivity contribution in [2.24, 2.45) is 0 Å². The van der Waals surface area contributed by atoms with Crippen LogP contribution in [0, 0.1) is 5.82 Å². The fourth-order valence-corrected chi connectivity index (χ4v) is 2.01. The third-order valence-electron chi connectivity index (χ3n) is 2.87. The van der Waals surface area contributed by atoms with Gasteiger partial charge >= 0.3 is 6.09 Å². The third kappa shape index (κ3) is 4.09. The van der Waals surface area contributed by atoms with Gasteiger partial charge in [-0.3, -0.25) is 4.79 Å². The Morgan fingerprint density at radius 1 is 1.41 bits per heavy atom. The number of anilines is 1. The Balaban J connectivity index is 1.98. The monoisotopic (exact) mass is 310 g/mol. The van der Waals surface area contributed by atoms with Crippen LogP contribution in [-0.2, 0) is 9.53 Å². The highest BCUT2D eigenvalue weighted by molar-refractivity contribution is 5.97. The highest BCUT2D eigenvalue weighted by Crippen LogP contribution is 2.31. The van der Waals surface area contributed by atoms with Crippen molar-refractivity contribution in [1.29, 1.82) is 0 Å². The molecule has 0 atom stereocenters. The first kappa shape index (κ1) is 16.1. The van der Waals surface area contributed by atoms with Crippen LogP contribution in [0.25, 0.3) is 0 Å². The molecule has 0 saturated heterocycles. The Hall–Kier alpha value is -2.31. The Morgan fingerprint density at radius 2 is 2.14 bits per heavy atom. The van der Waals surface area contributed by atoms with E-state index in [0.29, 0.717) is 18.0 Å². The average molecular weight is 310 g/mol. The van der Waals surface area contributed by atoms with Gasteiger partial charge in [-0.15, -0.1) is 0 Å². The molecule has 0 unspecified atom stereocenters. The van der Waals surface area contributed by atoms with E-state index in [2.05, 4.69) is 5.32 Å². The lowest BCUT2D eigenvalue weighted by atomic mass is 10.2. The number of nitrogens with one attached hydrogen (secondary N) is 1. The molecule has 1 aliphatic heterocycles. The van der Waals surface area contributed by atoms with Crippen molar-refractivity contribution in [1.82, 2.24) is 5.32 Å². The van der Waals surface area contributed by atoms with Crippen LogP contribution >= 0.6 is 0 Å². The summed E-state index contributed by atoms with van der Waals surface area (Å²) >= 11 is 0. The maximum atomic E-state index is 13.2. The first-order chi connectivity index (χ1) is 10.3. The van der Waals surface area contributed by atoms with E-state index in [1.807, 2.05) is 0 Å². The molecule has 2 rings (SSSR count). The SMILES string of the molecule is CC(C)(C)OC(=O)NCC(=O)N1CCOc2cc(F)ccc21. The minimum atomic E-state index is -0.659. The van der Waals surface area contributed by atoms with Crippen molar-refractivity contribution in [3.05, 3.63) is 24.0 Å². The van der Waals surface area contributed by atoms with Gasteiger partial charge in [-0.25, -0.2) is 9.18 Å². The molecule has 0 spiro atoms. The summed E-state index contributed by atoms with van der Waals surface area (Å²) in [5.41, 5.74) is -0.139. The summed E-state index contributed by atoms with van der Waals surface area (Å²) in [6.07, 6.45) is -0.659. The fraction of sp³-hybridized carbons (Fsp3) is 0.467. The summed E-state index contributed by atoms with van der Waals surface area (Å²) in [4.78, 5) is 25.2. The van der Waals surface area contributed by atoms with Crippen LogP contribution in [0.1, 0.15) is 20.8 Å². The summed E-state index contributed by atoms with van der Waals surface area (Å²) in [5, 5.41) is 2.41. The lowest BCUT2D eigenvalue weighted by Gasteiger charge is -2.29. The molecule has 0 fully saturated rings. The number of amides is 2. The van der Waals surface area contributed by atoms with Crippen LogP contribution in [0.15, 0.2) is 18.2 Å². The lowest BCUT2D eigenvalue weighted by Crippen LogP contribution is -2.45. The van der Waals surface area contributed by atoms with E-state index in [-0.39, 0.29) is 19.1 Å². The van der Waals surface area contributed by atoms with Gasteiger partial charge in [-0.05, 0) is 32.9 Å². The van der Waals surface area contributed by atoms with Gasteiger partial charge < -0.3 is 19.7 Å². The number of alkyl carbamates (subject to hydrolysis) is 1. The summed E-state index contributed by atoms with van der Waals surface area (Å²) in [5.74, 6) is -0.432. The highest BCUT2D eigenvalue weighted by Gasteiger charge is 2.25. The molecule has 0 aliphatic carbocycles. The standard InChI is InChI=1S/C15H19FN2O4/c1-15(2,3)22-14(20)17-9-13(19)18-6-7-21-12-8-10(16)4-5-11(12)18/h4-5,8H,6-7,9H2,1-3H3,(H,17,20). The molecule has 1 N–H and O–H groups in total. The van der Waals surface area contributed by atoms with Crippen molar-refractivity contribution < 1.29 is 23.5 Å². The normalized spacial score (nSPS) is 13.9. The summed E-state index contributed by atoms with van der Waals surface area (Å²) < 4.78 is 23.6. The van der Waals surface area contributed by atoms with Crippen LogP contribution in [0.2, 0.25) is 0 Å². The van der Waals surface area contributed by atoms with Gasteiger partial charge in [0.1, 0.15) is 30.3 Å². The van der Waals surface area contributed by atoms with E-state index < -0.39 is 17.5 Å². The number of ether oxygens (including phenoxy) is 2. The maximum Gasteiger partial charge on any atom is 0.408 e. The molecule has 1 heterocycles. The van der Waals surface area contributed by atoms with Gasteiger partial charge in [0.25, 0.3) is 0 Å². The van der Waals surface area contributed by atoms with E-state index in [9.17, 15) is 14.0 Å². The molecule has 0 aromatic heterocycles. The average Bonchev–Trinajstić information content (AvgIpc) is 2.42. The van der Waals surface area contributed by atoms with Gasteiger partial charge in [0.05, 0.1) is 12.2 Å². The topological polar surface area (TPSA) is 67.9 Å². The van der Waals surface area contributed by atoms with Gasteiger partial charge in [0, 0.05) is 6.07 Å². The zero-order valence-electron chi connectivity index (χ0n) is 12.8. The number of carbonyl (C=O) groups is 2. The van der Waals surface area contributed by atoms with E-state index in [4.69, 9.17) is 9.47 Å². The van der Waals surface area contributed by atoms with Gasteiger partial charge in [0.2, 0.25) is 5.91 Å². The van der Waals surface area contributed by atoms with Crippen LogP contribution in [-0.4, -0.2) is 37.3 Å². The van der Waals surface area contributed by atoms with Crippen LogP contribution in [0.3, 0.4) is 0 Å². The smallest absolute Gasteiger partial charge is 0.408 e. The number of rotatable bonds is 2. The number of nitrogens with zero attached hydrogens (tertiary/aromatic N) is 1. The minimum absolute atomic E-state index is 0.203. The molecular formula is C15H19FN2O4. The number of fused-ring (bicyclic) bond motifs is 1. The summed E-state index contributed by atoms with van der Waals surface area (Å²) in [6.45, 7) is 5.62. The Morgan fingerprint density at radius 3 is 2.82 bits per heavy atom. The first-order valence-electron chi connectivity index (χ1n) is 6.96. The van der Waals surface area contributed by atoms with Crippen LogP contribution < -0.4 is 15.0 Å². The zero-order valence-corrected chi connectivity index (χ0v) is 12.8. The lowest BCUT2D eigenvalue weighted by molar-refractivity contribution is -0.118. The number of carbonyl (C=O) groups excluding carboxylic acids is 2. The van der Waals surface area contributed by atoms with Crippen LogP contribution in [0.5, 0.6) is 5.75 Å². The Bertz CT molecular complexity index is 583. The highest BCUT2D eigenvalue weighted by atomic mass is 19.1. The van der Waals surface area contributed by atoms with E-state index in [0.717, 1.165) is 0 Å². The number of benzene rings is 1. The maximum absolute atomic E-state index is 13.2. The van der Waals surface area contributed by atoms with Crippen molar-refractivity contribution in [3.8, 4) is 5.75 Å². The minimum Gasteiger partial charge on any atom is -0.489 e. The second-order valence-electron chi connectivity index (χ2n) is 5.86. The Kier molecular flexibility index (Phi) is 4.54.